The first-order valence-electron chi connectivity index (χ1n) is 12.0. The van der Waals surface area contributed by atoms with Crippen LogP contribution in [0.4, 0.5) is 5.69 Å². The molecule has 0 spiro atoms. The molecule has 1 amide bonds. The third-order valence-corrected chi connectivity index (χ3v) is 7.06. The van der Waals surface area contributed by atoms with Gasteiger partial charge in [-0.05, 0) is 84.8 Å². The van der Waals surface area contributed by atoms with Gasteiger partial charge >= 0.3 is 0 Å². The Labute approximate surface area is 232 Å². The molecular weight excluding hydrogens is 538 g/mol. The summed E-state index contributed by atoms with van der Waals surface area (Å²) in [6.07, 6.45) is 1.49. The maximum absolute atomic E-state index is 12.5. The third kappa shape index (κ3) is 7.83. The van der Waals surface area contributed by atoms with Gasteiger partial charge in [-0.2, -0.15) is 5.10 Å². The molecule has 200 valence electrons. The highest BCUT2D eigenvalue weighted by molar-refractivity contribution is 7.92. The van der Waals surface area contributed by atoms with Crippen LogP contribution >= 0.6 is 11.6 Å². The zero-order chi connectivity index (χ0) is 27.7. The zero-order valence-electron chi connectivity index (χ0n) is 21.0. The second-order valence-electron chi connectivity index (χ2n) is 8.25. The third-order valence-electron chi connectivity index (χ3n) is 5.41. The summed E-state index contributed by atoms with van der Waals surface area (Å²) >= 11 is 5.93. The number of nitrogens with zero attached hydrogens (tertiary/aromatic N) is 1. The first-order valence-corrected chi connectivity index (χ1v) is 13.9. The normalized spacial score (nSPS) is 11.2. The molecule has 10 heteroatoms. The second kappa shape index (κ2) is 12.9. The van der Waals surface area contributed by atoms with Crippen molar-refractivity contribution in [3.8, 4) is 11.5 Å². The molecule has 0 aliphatic heterocycles. The number of halogens is 1. The Bertz CT molecular complexity index is 1540. The average Bonchev–Trinajstić information content (AvgIpc) is 2.94. The average molecular weight is 564 g/mol. The highest BCUT2D eigenvalue weighted by Crippen LogP contribution is 2.29. The minimum absolute atomic E-state index is 0.148. The number of nitrogens with one attached hydrogen (secondary N) is 2. The number of amides is 1. The van der Waals surface area contributed by atoms with Crippen molar-refractivity contribution >= 4 is 39.4 Å². The molecule has 0 radical (unpaired) electrons. The predicted octanol–water partition coefficient (Wildman–Crippen LogP) is 5.88. The Hall–Kier alpha value is -4.34. The number of ether oxygens (including phenoxy) is 2. The topological polar surface area (TPSA) is 106 Å². The van der Waals surface area contributed by atoms with E-state index < -0.39 is 15.9 Å². The Balaban J connectivity index is 1.35. The van der Waals surface area contributed by atoms with Crippen LogP contribution in [-0.2, 0) is 16.6 Å². The number of sulfonamides is 1. The number of hydrogen-bond donors (Lipinski definition) is 2. The van der Waals surface area contributed by atoms with Gasteiger partial charge in [0.2, 0.25) is 0 Å². The summed E-state index contributed by atoms with van der Waals surface area (Å²) < 4.78 is 39.0. The van der Waals surface area contributed by atoms with Gasteiger partial charge in [0.1, 0.15) is 6.61 Å². The van der Waals surface area contributed by atoms with Crippen molar-refractivity contribution < 1.29 is 22.7 Å². The molecule has 8 nitrogen and oxygen atoms in total. The molecule has 4 rings (SSSR count). The number of benzene rings is 4. The molecule has 2 N–H and O–H groups in total. The lowest BCUT2D eigenvalue weighted by Crippen LogP contribution is -2.18. The second-order valence-corrected chi connectivity index (χ2v) is 10.4. The summed E-state index contributed by atoms with van der Waals surface area (Å²) in [5.41, 5.74) is 4.78. The lowest BCUT2D eigenvalue weighted by Gasteiger charge is -2.12. The number of rotatable bonds is 11. The van der Waals surface area contributed by atoms with Crippen molar-refractivity contribution in [1.82, 2.24) is 5.43 Å². The molecule has 39 heavy (non-hydrogen) atoms. The van der Waals surface area contributed by atoms with Crippen molar-refractivity contribution in [2.24, 2.45) is 5.10 Å². The highest BCUT2D eigenvalue weighted by Gasteiger charge is 2.14. The maximum atomic E-state index is 12.5. The summed E-state index contributed by atoms with van der Waals surface area (Å²) in [6, 6.07) is 26.8. The summed E-state index contributed by atoms with van der Waals surface area (Å²) in [5.74, 6) is 0.683. The number of hydrogen-bond acceptors (Lipinski definition) is 6. The fraction of sp³-hybridized carbons (Fsp3) is 0.103. The molecule has 0 fully saturated rings. The lowest BCUT2D eigenvalue weighted by atomic mass is 10.2. The summed E-state index contributed by atoms with van der Waals surface area (Å²) in [4.78, 5) is 12.6. The Kier molecular flexibility index (Phi) is 9.19. The number of anilines is 1. The van der Waals surface area contributed by atoms with Crippen LogP contribution in [0, 0.1) is 0 Å². The van der Waals surface area contributed by atoms with Gasteiger partial charge in [-0.25, -0.2) is 13.8 Å². The Morgan fingerprint density at radius 1 is 0.897 bits per heavy atom. The number of carbonyl (C=O) groups excluding carboxylic acids is 1. The van der Waals surface area contributed by atoms with E-state index in [4.69, 9.17) is 21.1 Å². The van der Waals surface area contributed by atoms with Crippen LogP contribution in [0.5, 0.6) is 11.5 Å². The lowest BCUT2D eigenvalue weighted by molar-refractivity contribution is 0.0955. The first kappa shape index (κ1) is 27.7. The van der Waals surface area contributed by atoms with E-state index in [9.17, 15) is 13.2 Å². The molecule has 0 bridgehead atoms. The van der Waals surface area contributed by atoms with Crippen molar-refractivity contribution in [3.63, 3.8) is 0 Å². The summed E-state index contributed by atoms with van der Waals surface area (Å²) in [5, 5.41) is 4.69. The number of carbonyl (C=O) groups is 1. The Morgan fingerprint density at radius 2 is 1.62 bits per heavy atom. The highest BCUT2D eigenvalue weighted by atomic mass is 35.5. The van der Waals surface area contributed by atoms with Gasteiger partial charge in [-0.3, -0.25) is 9.52 Å². The van der Waals surface area contributed by atoms with E-state index in [1.807, 2.05) is 19.1 Å². The minimum atomic E-state index is -3.72. The van der Waals surface area contributed by atoms with E-state index in [1.54, 1.807) is 48.5 Å². The van der Waals surface area contributed by atoms with Crippen LogP contribution in [-0.4, -0.2) is 27.1 Å². The fourth-order valence-electron chi connectivity index (χ4n) is 3.47. The summed E-state index contributed by atoms with van der Waals surface area (Å²) in [6.45, 7) is 2.68. The molecule has 0 saturated carbocycles. The molecule has 0 aromatic heterocycles. The van der Waals surface area contributed by atoms with E-state index in [-0.39, 0.29) is 4.90 Å². The van der Waals surface area contributed by atoms with Crippen molar-refractivity contribution in [3.05, 3.63) is 119 Å². The van der Waals surface area contributed by atoms with Crippen LogP contribution in [0.3, 0.4) is 0 Å². The smallest absolute Gasteiger partial charge is 0.271 e. The van der Waals surface area contributed by atoms with Crippen molar-refractivity contribution in [1.29, 1.82) is 0 Å². The molecule has 4 aromatic carbocycles. The van der Waals surface area contributed by atoms with Crippen molar-refractivity contribution in [2.45, 2.75) is 18.4 Å². The minimum Gasteiger partial charge on any atom is -0.490 e. The zero-order valence-corrected chi connectivity index (χ0v) is 22.6. The molecular formula is C29H26ClN3O5S. The van der Waals surface area contributed by atoms with Crippen LogP contribution in [0.1, 0.15) is 28.4 Å². The molecule has 0 atom stereocenters. The van der Waals surface area contributed by atoms with E-state index in [0.717, 1.165) is 5.56 Å². The van der Waals surface area contributed by atoms with E-state index in [2.05, 4.69) is 15.2 Å². The van der Waals surface area contributed by atoms with Crippen LogP contribution < -0.4 is 19.6 Å². The van der Waals surface area contributed by atoms with Gasteiger partial charge in [-0.15, -0.1) is 0 Å². The SMILES string of the molecule is CCOc1cc(/C=N/NC(=O)c2ccc(NS(=O)(=O)c3ccccc3)cc2)ccc1OCc1ccc(Cl)cc1. The van der Waals surface area contributed by atoms with Crippen LogP contribution in [0.15, 0.2) is 107 Å². The standard InChI is InChI=1S/C29H26ClN3O5S/c1-2-37-28-18-22(10-17-27(28)38-20-21-8-13-24(30)14-9-21)19-31-32-29(34)23-11-15-25(16-12-23)33-39(35,36)26-6-4-3-5-7-26/h3-19,33H,2,20H2,1H3,(H,32,34)/b31-19+. The van der Waals surface area contributed by atoms with Gasteiger partial charge in [0.15, 0.2) is 11.5 Å². The molecule has 0 aliphatic rings. The van der Waals surface area contributed by atoms with E-state index >= 15 is 0 Å². The van der Waals surface area contributed by atoms with Crippen molar-refractivity contribution in [2.75, 3.05) is 11.3 Å². The van der Waals surface area contributed by atoms with Gasteiger partial charge < -0.3 is 9.47 Å². The van der Waals surface area contributed by atoms with E-state index in [0.29, 0.717) is 46.5 Å². The first-order chi connectivity index (χ1) is 18.8. The largest absolute Gasteiger partial charge is 0.490 e. The van der Waals surface area contributed by atoms with Crippen LogP contribution in [0.2, 0.25) is 5.02 Å². The summed E-state index contributed by atoms with van der Waals surface area (Å²) in [7, 11) is -3.72. The maximum Gasteiger partial charge on any atom is 0.271 e. The number of hydrazone groups is 1. The fourth-order valence-corrected chi connectivity index (χ4v) is 4.67. The molecule has 0 unspecified atom stereocenters. The monoisotopic (exact) mass is 563 g/mol. The quantitative estimate of drug-likeness (QED) is 0.175. The molecule has 0 heterocycles. The van der Waals surface area contributed by atoms with Crippen LogP contribution in [0.25, 0.3) is 0 Å². The van der Waals surface area contributed by atoms with Gasteiger partial charge in [-0.1, -0.05) is 41.9 Å². The molecule has 0 aliphatic carbocycles. The van der Waals surface area contributed by atoms with E-state index in [1.165, 1.54) is 42.6 Å². The molecule has 0 saturated heterocycles. The molecule has 4 aromatic rings. The van der Waals surface area contributed by atoms with Gasteiger partial charge in [0.25, 0.3) is 15.9 Å². The van der Waals surface area contributed by atoms with Gasteiger partial charge in [0.05, 0.1) is 17.7 Å². The predicted molar refractivity (Wildman–Crippen MR) is 152 cm³/mol. The Morgan fingerprint density at radius 3 is 2.31 bits per heavy atom. The van der Waals surface area contributed by atoms with Gasteiger partial charge in [0, 0.05) is 16.3 Å².